The van der Waals surface area contributed by atoms with Crippen LogP contribution >= 0.6 is 0 Å². The van der Waals surface area contributed by atoms with Crippen LogP contribution in [0.25, 0.3) is 10.8 Å². The summed E-state index contributed by atoms with van der Waals surface area (Å²) in [6.45, 7) is 2.84. The minimum Gasteiger partial charge on any atom is -0.491 e. The summed E-state index contributed by atoms with van der Waals surface area (Å²) in [7, 11) is 0. The van der Waals surface area contributed by atoms with E-state index < -0.39 is 5.97 Å². The number of aromatic carboxylic acids is 1. The first kappa shape index (κ1) is 15.9. The third-order valence-electron chi connectivity index (χ3n) is 3.83. The Morgan fingerprint density at radius 1 is 1.08 bits per heavy atom. The molecule has 0 saturated heterocycles. The molecule has 0 heterocycles. The van der Waals surface area contributed by atoms with Crippen LogP contribution in [-0.2, 0) is 0 Å². The van der Waals surface area contributed by atoms with Crippen molar-refractivity contribution in [2.75, 3.05) is 18.5 Å². The van der Waals surface area contributed by atoms with Gasteiger partial charge >= 0.3 is 5.97 Å². The number of aryl methyl sites for hydroxylation is 1. The lowest BCUT2D eigenvalue weighted by molar-refractivity contribution is 0.0698. The van der Waals surface area contributed by atoms with Gasteiger partial charge in [-0.3, -0.25) is 0 Å². The monoisotopic (exact) mass is 321 g/mol. The molecule has 0 aliphatic carbocycles. The van der Waals surface area contributed by atoms with Gasteiger partial charge in [0.05, 0.1) is 5.56 Å². The van der Waals surface area contributed by atoms with Crippen molar-refractivity contribution < 1.29 is 14.6 Å². The van der Waals surface area contributed by atoms with Gasteiger partial charge in [-0.2, -0.15) is 0 Å². The van der Waals surface area contributed by atoms with Crippen LogP contribution in [0.4, 0.5) is 5.69 Å². The zero-order valence-corrected chi connectivity index (χ0v) is 13.5. The summed E-state index contributed by atoms with van der Waals surface area (Å²) in [5.74, 6) is -0.103. The van der Waals surface area contributed by atoms with E-state index in [9.17, 15) is 9.90 Å². The SMILES string of the molecule is Cc1ccc(NCCOc2cccc3ccccc23)c(C(=O)O)c1. The van der Waals surface area contributed by atoms with Gasteiger partial charge in [0.1, 0.15) is 12.4 Å². The number of rotatable bonds is 6. The van der Waals surface area contributed by atoms with E-state index in [0.29, 0.717) is 18.8 Å². The van der Waals surface area contributed by atoms with Crippen LogP contribution in [0, 0.1) is 6.92 Å². The first-order valence-electron chi connectivity index (χ1n) is 7.83. The maximum atomic E-state index is 11.3. The van der Waals surface area contributed by atoms with Gasteiger partial charge in [0.15, 0.2) is 0 Å². The Bertz CT molecular complexity index is 868. The van der Waals surface area contributed by atoms with Crippen molar-refractivity contribution >= 4 is 22.4 Å². The van der Waals surface area contributed by atoms with Gasteiger partial charge in [-0.25, -0.2) is 4.79 Å². The lowest BCUT2D eigenvalue weighted by atomic mass is 10.1. The molecule has 0 fully saturated rings. The number of ether oxygens (including phenoxy) is 1. The molecular weight excluding hydrogens is 302 g/mol. The van der Waals surface area contributed by atoms with E-state index in [2.05, 4.69) is 5.32 Å². The molecule has 0 radical (unpaired) electrons. The van der Waals surface area contributed by atoms with Gasteiger partial charge in [-0.05, 0) is 30.5 Å². The van der Waals surface area contributed by atoms with Crippen molar-refractivity contribution in [2.45, 2.75) is 6.92 Å². The van der Waals surface area contributed by atoms with Crippen LogP contribution in [0.3, 0.4) is 0 Å². The van der Waals surface area contributed by atoms with Gasteiger partial charge in [0, 0.05) is 17.6 Å². The molecule has 3 aromatic rings. The Morgan fingerprint density at radius 3 is 2.71 bits per heavy atom. The Hall–Kier alpha value is -3.01. The number of fused-ring (bicyclic) bond motifs is 1. The topological polar surface area (TPSA) is 58.6 Å². The van der Waals surface area contributed by atoms with E-state index in [-0.39, 0.29) is 5.56 Å². The Balaban J connectivity index is 1.64. The summed E-state index contributed by atoms with van der Waals surface area (Å²) in [5, 5.41) is 14.6. The van der Waals surface area contributed by atoms with Crippen molar-refractivity contribution in [2.24, 2.45) is 0 Å². The summed E-state index contributed by atoms with van der Waals surface area (Å²) in [6, 6.07) is 19.4. The Kier molecular flexibility index (Phi) is 4.66. The van der Waals surface area contributed by atoms with E-state index in [1.54, 1.807) is 12.1 Å². The standard InChI is InChI=1S/C20H19NO3/c1-14-9-10-18(17(13-14)20(22)23)21-11-12-24-19-8-4-6-15-5-2-3-7-16(15)19/h2-10,13,21H,11-12H2,1H3,(H,22,23). The molecule has 0 amide bonds. The number of hydrogen-bond donors (Lipinski definition) is 2. The first-order chi connectivity index (χ1) is 11.6. The Morgan fingerprint density at radius 2 is 1.88 bits per heavy atom. The van der Waals surface area contributed by atoms with Crippen LogP contribution < -0.4 is 10.1 Å². The molecule has 122 valence electrons. The van der Waals surface area contributed by atoms with Crippen LogP contribution in [0.1, 0.15) is 15.9 Å². The highest BCUT2D eigenvalue weighted by Gasteiger charge is 2.09. The molecule has 0 aliphatic rings. The summed E-state index contributed by atoms with van der Waals surface area (Å²) in [5.41, 5.74) is 1.81. The van der Waals surface area contributed by atoms with Crippen LogP contribution in [-0.4, -0.2) is 24.2 Å². The van der Waals surface area contributed by atoms with Crippen LogP contribution in [0.2, 0.25) is 0 Å². The largest absolute Gasteiger partial charge is 0.491 e. The molecule has 4 heteroatoms. The fourth-order valence-electron chi connectivity index (χ4n) is 2.66. The third kappa shape index (κ3) is 3.49. The number of benzene rings is 3. The average molecular weight is 321 g/mol. The lowest BCUT2D eigenvalue weighted by Crippen LogP contribution is -2.14. The molecule has 0 aromatic heterocycles. The maximum Gasteiger partial charge on any atom is 0.337 e. The highest BCUT2D eigenvalue weighted by Crippen LogP contribution is 2.25. The van der Waals surface area contributed by atoms with E-state index in [4.69, 9.17) is 4.74 Å². The van der Waals surface area contributed by atoms with E-state index in [1.807, 2.05) is 55.5 Å². The molecule has 3 rings (SSSR count). The second-order valence-corrected chi connectivity index (χ2v) is 5.61. The number of carboxylic acids is 1. The number of anilines is 1. The average Bonchev–Trinajstić information content (AvgIpc) is 2.59. The molecule has 2 N–H and O–H groups in total. The fraction of sp³-hybridized carbons (Fsp3) is 0.150. The van der Waals surface area contributed by atoms with Crippen LogP contribution in [0.5, 0.6) is 5.75 Å². The van der Waals surface area contributed by atoms with E-state index >= 15 is 0 Å². The predicted molar refractivity (Wildman–Crippen MR) is 96.1 cm³/mol. The van der Waals surface area contributed by atoms with Crippen molar-refractivity contribution in [1.82, 2.24) is 0 Å². The minimum atomic E-state index is -0.934. The van der Waals surface area contributed by atoms with Crippen molar-refractivity contribution in [3.63, 3.8) is 0 Å². The van der Waals surface area contributed by atoms with Crippen molar-refractivity contribution in [3.05, 3.63) is 71.8 Å². The number of carboxylic acid groups (broad SMARTS) is 1. The molecule has 0 atom stereocenters. The summed E-state index contributed by atoms with van der Waals surface area (Å²) >= 11 is 0. The molecule has 3 aromatic carbocycles. The maximum absolute atomic E-state index is 11.3. The highest BCUT2D eigenvalue weighted by atomic mass is 16.5. The molecule has 4 nitrogen and oxygen atoms in total. The van der Waals surface area contributed by atoms with E-state index in [0.717, 1.165) is 22.1 Å². The molecule has 0 bridgehead atoms. The molecule has 0 spiro atoms. The fourth-order valence-corrected chi connectivity index (χ4v) is 2.66. The molecule has 0 aliphatic heterocycles. The van der Waals surface area contributed by atoms with Crippen molar-refractivity contribution in [1.29, 1.82) is 0 Å². The summed E-state index contributed by atoms with van der Waals surface area (Å²) < 4.78 is 5.86. The minimum absolute atomic E-state index is 0.278. The molecule has 0 saturated carbocycles. The van der Waals surface area contributed by atoms with Gasteiger partial charge in [0.2, 0.25) is 0 Å². The van der Waals surface area contributed by atoms with Gasteiger partial charge in [-0.1, -0.05) is 48.0 Å². The van der Waals surface area contributed by atoms with E-state index in [1.165, 1.54) is 0 Å². The predicted octanol–water partition coefficient (Wildman–Crippen LogP) is 4.34. The smallest absolute Gasteiger partial charge is 0.337 e. The highest BCUT2D eigenvalue weighted by molar-refractivity contribution is 5.94. The molecular formula is C20H19NO3. The Labute approximate surface area is 140 Å². The summed E-state index contributed by atoms with van der Waals surface area (Å²) in [4.78, 5) is 11.3. The van der Waals surface area contributed by atoms with Gasteiger partial charge in [-0.15, -0.1) is 0 Å². The second-order valence-electron chi connectivity index (χ2n) is 5.61. The molecule has 0 unspecified atom stereocenters. The first-order valence-corrected chi connectivity index (χ1v) is 7.83. The lowest BCUT2D eigenvalue weighted by Gasteiger charge is -2.12. The third-order valence-corrected chi connectivity index (χ3v) is 3.83. The second kappa shape index (κ2) is 7.04. The quantitative estimate of drug-likeness (QED) is 0.663. The summed E-state index contributed by atoms with van der Waals surface area (Å²) in [6.07, 6.45) is 0. The zero-order chi connectivity index (χ0) is 16.9. The number of nitrogens with one attached hydrogen (secondary N) is 1. The number of hydrogen-bond acceptors (Lipinski definition) is 3. The van der Waals surface area contributed by atoms with Gasteiger partial charge < -0.3 is 15.2 Å². The normalized spacial score (nSPS) is 10.5. The zero-order valence-electron chi connectivity index (χ0n) is 13.5. The molecule has 24 heavy (non-hydrogen) atoms. The number of carbonyl (C=O) groups is 1. The van der Waals surface area contributed by atoms with Gasteiger partial charge in [0.25, 0.3) is 0 Å². The van der Waals surface area contributed by atoms with Crippen LogP contribution in [0.15, 0.2) is 60.7 Å². The van der Waals surface area contributed by atoms with Crippen molar-refractivity contribution in [3.8, 4) is 5.75 Å².